The molecule has 3 aromatic rings. The molecule has 0 amide bonds. The minimum Gasteiger partial charge on any atom is -0.465 e. The fourth-order valence-electron chi connectivity index (χ4n) is 10.1. The van der Waals surface area contributed by atoms with E-state index in [2.05, 4.69) is 12.1 Å². The van der Waals surface area contributed by atoms with Crippen molar-refractivity contribution in [3.8, 4) is 5.75 Å². The van der Waals surface area contributed by atoms with Crippen LogP contribution >= 0.6 is 0 Å². The molecule has 8 nitrogen and oxygen atoms in total. The number of rotatable bonds is 7. The Labute approximate surface area is 274 Å². The quantitative estimate of drug-likeness (QED) is 0.0988. The standard InChI is InChI=1S/C34H30F4O8S2/c35-26-28(37)31(47(40,41)42)29(38)27(36)30(26)46-48(43,44)34-13-17-9-18(14-34)12-33(11-17,15-34)16-45-32(39)24-10-23-19-5-1-3-7-21(19)25(24)22-8-4-2-6-20(22)23/h1-8,17-18,23-25H,9-16H2,(H,40,41,42). The van der Waals surface area contributed by atoms with E-state index in [4.69, 9.17) is 13.5 Å². The van der Waals surface area contributed by atoms with Gasteiger partial charge in [0.25, 0.3) is 0 Å². The third-order valence-electron chi connectivity index (χ3n) is 11.4. The Hall–Kier alpha value is -3.49. The van der Waals surface area contributed by atoms with E-state index in [-0.39, 0.29) is 55.5 Å². The van der Waals surface area contributed by atoms with Crippen molar-refractivity contribution in [2.24, 2.45) is 23.2 Å². The molecular formula is C34H30F4O8S2. The van der Waals surface area contributed by atoms with Gasteiger partial charge in [0.1, 0.15) is 4.75 Å². The first-order chi connectivity index (χ1) is 22.6. The van der Waals surface area contributed by atoms with Gasteiger partial charge in [-0.15, -0.1) is 0 Å². The molecule has 0 aliphatic heterocycles. The van der Waals surface area contributed by atoms with E-state index in [0.29, 0.717) is 25.7 Å². The van der Waals surface area contributed by atoms with Gasteiger partial charge in [0.05, 0.1) is 12.5 Å². The van der Waals surface area contributed by atoms with Gasteiger partial charge in [0.2, 0.25) is 17.4 Å². The average molecular weight is 707 g/mol. The molecule has 3 unspecified atom stereocenters. The summed E-state index contributed by atoms with van der Waals surface area (Å²) in [6.07, 6.45) is 2.46. The van der Waals surface area contributed by atoms with Crippen molar-refractivity contribution in [1.82, 2.24) is 0 Å². The molecule has 0 aromatic heterocycles. The van der Waals surface area contributed by atoms with Gasteiger partial charge in [-0.2, -0.15) is 25.6 Å². The zero-order chi connectivity index (χ0) is 34.0. The molecule has 4 saturated carbocycles. The van der Waals surface area contributed by atoms with E-state index in [1.54, 1.807) is 0 Å². The molecule has 0 spiro atoms. The Balaban J connectivity index is 1.06. The Morgan fingerprint density at radius 1 is 0.771 bits per heavy atom. The Morgan fingerprint density at radius 2 is 1.29 bits per heavy atom. The van der Waals surface area contributed by atoms with Gasteiger partial charge in [0.15, 0.2) is 16.5 Å². The molecule has 0 radical (unpaired) electrons. The van der Waals surface area contributed by atoms with E-state index in [0.717, 1.165) is 11.1 Å². The van der Waals surface area contributed by atoms with Crippen LogP contribution in [0.4, 0.5) is 17.6 Å². The molecule has 0 heterocycles. The summed E-state index contributed by atoms with van der Waals surface area (Å²) in [7, 11) is -10.7. The summed E-state index contributed by atoms with van der Waals surface area (Å²) in [5.74, 6) is -13.1. The van der Waals surface area contributed by atoms with E-state index < -0.39 is 70.2 Å². The number of hydrogen-bond donors (Lipinski definition) is 1. The Bertz CT molecular complexity index is 2030. The lowest BCUT2D eigenvalue weighted by atomic mass is 9.49. The summed E-state index contributed by atoms with van der Waals surface area (Å²) in [5.41, 5.74) is 3.78. The highest BCUT2D eigenvalue weighted by molar-refractivity contribution is 7.88. The maximum absolute atomic E-state index is 14.8. The summed E-state index contributed by atoms with van der Waals surface area (Å²) in [6.45, 7) is -0.0671. The predicted molar refractivity (Wildman–Crippen MR) is 161 cm³/mol. The van der Waals surface area contributed by atoms with Gasteiger partial charge in [-0.05, 0) is 79.0 Å². The molecule has 4 fully saturated rings. The second kappa shape index (κ2) is 10.5. The molecule has 7 aliphatic rings. The van der Waals surface area contributed by atoms with E-state index in [1.807, 2.05) is 36.4 Å². The summed E-state index contributed by atoms with van der Waals surface area (Å²) in [6, 6.07) is 16.1. The third kappa shape index (κ3) is 4.58. The number of benzene rings is 3. The Morgan fingerprint density at radius 3 is 1.81 bits per heavy atom. The SMILES string of the molecule is O=C(OCC12CC3CC(C1)CC(S(=O)(=O)Oc1c(F)c(F)c(S(=O)(=O)O)c(F)c1F)(C3)C2)C1CC2c3ccccc3C1c1ccccc12. The minimum atomic E-state index is -5.74. The molecular weight excluding hydrogens is 676 g/mol. The molecule has 6 bridgehead atoms. The van der Waals surface area contributed by atoms with Crippen LogP contribution in [-0.2, 0) is 29.8 Å². The molecule has 3 aromatic carbocycles. The van der Waals surface area contributed by atoms with Crippen LogP contribution in [0, 0.1) is 46.4 Å². The third-order valence-corrected chi connectivity index (χ3v) is 14.2. The monoisotopic (exact) mass is 706 g/mol. The van der Waals surface area contributed by atoms with Gasteiger partial charge in [0, 0.05) is 17.3 Å². The van der Waals surface area contributed by atoms with E-state index in [9.17, 15) is 39.2 Å². The molecule has 14 heteroatoms. The molecule has 254 valence electrons. The molecule has 10 rings (SSSR count). The van der Waals surface area contributed by atoms with E-state index in [1.165, 1.54) is 11.1 Å². The zero-order valence-corrected chi connectivity index (χ0v) is 26.9. The molecule has 48 heavy (non-hydrogen) atoms. The van der Waals surface area contributed by atoms with Crippen LogP contribution in [0.1, 0.15) is 79.0 Å². The first-order valence-corrected chi connectivity index (χ1v) is 18.6. The minimum absolute atomic E-state index is 0.0343. The maximum atomic E-state index is 14.8. The second-order valence-electron chi connectivity index (χ2n) is 14.3. The van der Waals surface area contributed by atoms with Crippen molar-refractivity contribution in [2.45, 2.75) is 66.4 Å². The smallest absolute Gasteiger partial charge is 0.315 e. The Kier molecular flexibility index (Phi) is 6.95. The lowest BCUT2D eigenvalue weighted by Gasteiger charge is -2.60. The normalized spacial score (nSPS) is 31.3. The summed E-state index contributed by atoms with van der Waals surface area (Å²) >= 11 is 0. The zero-order valence-electron chi connectivity index (χ0n) is 25.3. The van der Waals surface area contributed by atoms with Crippen LogP contribution in [0.5, 0.6) is 5.75 Å². The molecule has 0 saturated heterocycles. The van der Waals surface area contributed by atoms with Crippen LogP contribution < -0.4 is 4.18 Å². The first-order valence-electron chi connectivity index (χ1n) is 15.8. The fraction of sp³-hybridized carbons (Fsp3) is 0.441. The van der Waals surface area contributed by atoms with Crippen LogP contribution in [-0.4, -0.2) is 38.7 Å². The van der Waals surface area contributed by atoms with Crippen LogP contribution in [0.25, 0.3) is 0 Å². The number of halogens is 4. The highest BCUT2D eigenvalue weighted by atomic mass is 32.2. The van der Waals surface area contributed by atoms with Crippen molar-refractivity contribution in [3.05, 3.63) is 94.1 Å². The highest BCUT2D eigenvalue weighted by Gasteiger charge is 2.64. The van der Waals surface area contributed by atoms with Gasteiger partial charge in [-0.3, -0.25) is 9.35 Å². The van der Waals surface area contributed by atoms with Gasteiger partial charge in [-0.1, -0.05) is 48.5 Å². The summed E-state index contributed by atoms with van der Waals surface area (Å²) < 4.78 is 127. The van der Waals surface area contributed by atoms with Crippen molar-refractivity contribution in [1.29, 1.82) is 0 Å². The summed E-state index contributed by atoms with van der Waals surface area (Å²) in [5, 5.41) is 0. The fourth-order valence-corrected chi connectivity index (χ4v) is 12.7. The molecule has 3 atom stereocenters. The summed E-state index contributed by atoms with van der Waals surface area (Å²) in [4.78, 5) is 11.6. The lowest BCUT2D eigenvalue weighted by Crippen LogP contribution is -2.61. The van der Waals surface area contributed by atoms with Crippen molar-refractivity contribution >= 4 is 26.2 Å². The van der Waals surface area contributed by atoms with Gasteiger partial charge >= 0.3 is 26.2 Å². The molecule has 7 aliphatic carbocycles. The first kappa shape index (κ1) is 31.8. The molecule has 1 N–H and O–H groups in total. The van der Waals surface area contributed by atoms with Crippen LogP contribution in [0.3, 0.4) is 0 Å². The van der Waals surface area contributed by atoms with Crippen LogP contribution in [0.15, 0.2) is 53.4 Å². The number of ether oxygens (including phenoxy) is 1. The number of carbonyl (C=O) groups excluding carboxylic acids is 1. The van der Waals surface area contributed by atoms with Crippen LogP contribution in [0.2, 0.25) is 0 Å². The number of esters is 1. The van der Waals surface area contributed by atoms with Gasteiger partial charge < -0.3 is 8.92 Å². The number of fused-ring (bicyclic) bond motifs is 1. The van der Waals surface area contributed by atoms with Crippen molar-refractivity contribution in [3.63, 3.8) is 0 Å². The second-order valence-corrected chi connectivity index (χ2v) is 17.6. The number of hydrogen-bond acceptors (Lipinski definition) is 7. The van der Waals surface area contributed by atoms with E-state index >= 15 is 0 Å². The van der Waals surface area contributed by atoms with Crippen molar-refractivity contribution < 1.29 is 52.7 Å². The lowest BCUT2D eigenvalue weighted by molar-refractivity contribution is -0.160. The maximum Gasteiger partial charge on any atom is 0.315 e. The largest absolute Gasteiger partial charge is 0.465 e. The van der Waals surface area contributed by atoms with Gasteiger partial charge in [-0.25, -0.2) is 8.78 Å². The highest BCUT2D eigenvalue weighted by Crippen LogP contribution is 2.64. The average Bonchev–Trinajstić information content (AvgIpc) is 3.03. The van der Waals surface area contributed by atoms with Crippen molar-refractivity contribution in [2.75, 3.05) is 6.61 Å². The number of carbonyl (C=O) groups is 1. The topological polar surface area (TPSA) is 124 Å². The predicted octanol–water partition coefficient (Wildman–Crippen LogP) is 6.38.